The first kappa shape index (κ1) is 16.8. The van der Waals surface area contributed by atoms with Crippen LogP contribution in [0.15, 0.2) is 29.4 Å². The third-order valence-corrected chi connectivity index (χ3v) is 4.88. The molecule has 0 unspecified atom stereocenters. The van der Waals surface area contributed by atoms with Crippen LogP contribution in [-0.4, -0.2) is 64.7 Å². The Morgan fingerprint density at radius 2 is 2.04 bits per heavy atom. The molecule has 0 bridgehead atoms. The zero-order valence-corrected chi connectivity index (χ0v) is 14.6. The summed E-state index contributed by atoms with van der Waals surface area (Å²) in [6, 6.07) is 7.67. The Morgan fingerprint density at radius 3 is 2.79 bits per heavy atom. The Bertz CT molecular complexity index is 713. The minimum atomic E-state index is 0.102. The van der Waals surface area contributed by atoms with Gasteiger partial charge in [0.1, 0.15) is 5.75 Å². The Balaban J connectivity index is 1.70. The standard InChI is InChI=1S/C16H20N4O3S/c1-19-15(12-5-3-4-6-13(12)22-2)17-18-16(19)24-11-14(21)20-7-9-23-10-8-20/h3-6H,7-11H2,1-2H3. The monoisotopic (exact) mass is 348 g/mol. The molecule has 1 aromatic carbocycles. The highest BCUT2D eigenvalue weighted by Gasteiger charge is 2.19. The van der Waals surface area contributed by atoms with E-state index in [4.69, 9.17) is 9.47 Å². The number of benzene rings is 1. The molecule has 24 heavy (non-hydrogen) atoms. The Hall–Kier alpha value is -2.06. The molecule has 0 spiro atoms. The number of carbonyl (C=O) groups excluding carboxylic acids is 1. The van der Waals surface area contributed by atoms with E-state index in [1.54, 1.807) is 7.11 Å². The van der Waals surface area contributed by atoms with Gasteiger partial charge in [-0.15, -0.1) is 10.2 Å². The fourth-order valence-corrected chi connectivity index (χ4v) is 3.35. The van der Waals surface area contributed by atoms with Gasteiger partial charge >= 0.3 is 0 Å². The van der Waals surface area contributed by atoms with Crippen molar-refractivity contribution in [3.63, 3.8) is 0 Å². The van der Waals surface area contributed by atoms with Crippen LogP contribution in [0.3, 0.4) is 0 Å². The second-order valence-electron chi connectivity index (χ2n) is 5.35. The molecule has 0 aliphatic carbocycles. The number of amides is 1. The van der Waals surface area contributed by atoms with Crippen LogP contribution >= 0.6 is 11.8 Å². The number of morpholine rings is 1. The lowest BCUT2D eigenvalue weighted by Gasteiger charge is -2.26. The molecule has 1 aliphatic rings. The van der Waals surface area contributed by atoms with Gasteiger partial charge < -0.3 is 18.9 Å². The lowest BCUT2D eigenvalue weighted by molar-refractivity contribution is -0.132. The van der Waals surface area contributed by atoms with Gasteiger partial charge in [0, 0.05) is 20.1 Å². The average Bonchev–Trinajstić information content (AvgIpc) is 3.00. The van der Waals surface area contributed by atoms with Crippen LogP contribution in [0.5, 0.6) is 5.75 Å². The van der Waals surface area contributed by atoms with Gasteiger partial charge in [0.25, 0.3) is 0 Å². The highest BCUT2D eigenvalue weighted by atomic mass is 32.2. The first-order chi connectivity index (χ1) is 11.7. The molecule has 3 rings (SSSR count). The highest BCUT2D eigenvalue weighted by molar-refractivity contribution is 7.99. The van der Waals surface area contributed by atoms with Crippen molar-refractivity contribution in [3.8, 4) is 17.1 Å². The van der Waals surface area contributed by atoms with Gasteiger partial charge in [-0.1, -0.05) is 23.9 Å². The predicted molar refractivity (Wildman–Crippen MR) is 91.1 cm³/mol. The van der Waals surface area contributed by atoms with Crippen molar-refractivity contribution in [1.29, 1.82) is 0 Å². The van der Waals surface area contributed by atoms with Crippen molar-refractivity contribution in [1.82, 2.24) is 19.7 Å². The normalized spacial score (nSPS) is 14.7. The number of methoxy groups -OCH3 is 1. The minimum Gasteiger partial charge on any atom is -0.496 e. The van der Waals surface area contributed by atoms with Gasteiger partial charge in [-0.2, -0.15) is 0 Å². The number of hydrogen-bond donors (Lipinski definition) is 0. The molecule has 1 saturated heterocycles. The summed E-state index contributed by atoms with van der Waals surface area (Å²) in [5.74, 6) is 1.91. The van der Waals surface area contributed by atoms with Gasteiger partial charge in [-0.3, -0.25) is 4.79 Å². The van der Waals surface area contributed by atoms with E-state index in [1.165, 1.54) is 11.8 Å². The molecule has 8 heteroatoms. The second kappa shape index (κ2) is 7.67. The van der Waals surface area contributed by atoms with E-state index in [-0.39, 0.29) is 5.91 Å². The van der Waals surface area contributed by atoms with E-state index < -0.39 is 0 Å². The molecule has 2 aromatic rings. The number of ether oxygens (including phenoxy) is 2. The van der Waals surface area contributed by atoms with Crippen LogP contribution in [0, 0.1) is 0 Å². The summed E-state index contributed by atoms with van der Waals surface area (Å²) in [6.07, 6.45) is 0. The SMILES string of the molecule is COc1ccccc1-c1nnc(SCC(=O)N2CCOCC2)n1C. The van der Waals surface area contributed by atoms with Gasteiger partial charge in [-0.25, -0.2) is 0 Å². The summed E-state index contributed by atoms with van der Waals surface area (Å²) in [5, 5.41) is 9.17. The zero-order valence-electron chi connectivity index (χ0n) is 13.8. The van der Waals surface area contributed by atoms with E-state index >= 15 is 0 Å². The first-order valence-corrected chi connectivity index (χ1v) is 8.70. The van der Waals surface area contributed by atoms with Crippen LogP contribution in [0.2, 0.25) is 0 Å². The molecule has 7 nitrogen and oxygen atoms in total. The lowest BCUT2D eigenvalue weighted by atomic mass is 10.2. The van der Waals surface area contributed by atoms with Crippen molar-refractivity contribution < 1.29 is 14.3 Å². The van der Waals surface area contributed by atoms with Gasteiger partial charge in [0.2, 0.25) is 5.91 Å². The third-order valence-electron chi connectivity index (χ3n) is 3.87. The summed E-state index contributed by atoms with van der Waals surface area (Å²) in [4.78, 5) is 14.1. The fourth-order valence-electron chi connectivity index (χ4n) is 2.53. The lowest BCUT2D eigenvalue weighted by Crippen LogP contribution is -2.41. The summed E-state index contributed by atoms with van der Waals surface area (Å²) >= 11 is 1.39. The van der Waals surface area contributed by atoms with Crippen molar-refractivity contribution in [2.75, 3.05) is 39.2 Å². The molecule has 1 aliphatic heterocycles. The Kier molecular flexibility index (Phi) is 5.37. The predicted octanol–water partition coefficient (Wildman–Crippen LogP) is 1.44. The number of nitrogens with zero attached hydrogens (tertiary/aromatic N) is 4. The number of thioether (sulfide) groups is 1. The molecule has 2 heterocycles. The molecule has 1 amide bonds. The quantitative estimate of drug-likeness (QED) is 0.762. The molecule has 1 aromatic heterocycles. The number of aromatic nitrogens is 3. The largest absolute Gasteiger partial charge is 0.496 e. The van der Waals surface area contributed by atoms with Crippen LogP contribution in [0.25, 0.3) is 11.4 Å². The van der Waals surface area contributed by atoms with E-state index in [9.17, 15) is 4.79 Å². The fraction of sp³-hybridized carbons (Fsp3) is 0.438. The maximum absolute atomic E-state index is 12.2. The molecule has 1 fully saturated rings. The van der Waals surface area contributed by atoms with Crippen molar-refractivity contribution in [3.05, 3.63) is 24.3 Å². The molecule has 128 valence electrons. The van der Waals surface area contributed by atoms with Gasteiger partial charge in [0.15, 0.2) is 11.0 Å². The summed E-state index contributed by atoms with van der Waals surface area (Å²) in [6.45, 7) is 2.53. The Morgan fingerprint density at radius 1 is 1.29 bits per heavy atom. The summed E-state index contributed by atoms with van der Waals surface area (Å²) in [7, 11) is 3.52. The van der Waals surface area contributed by atoms with Crippen LogP contribution in [0.1, 0.15) is 0 Å². The van der Waals surface area contributed by atoms with E-state index in [0.717, 1.165) is 11.3 Å². The molecule has 0 atom stereocenters. The highest BCUT2D eigenvalue weighted by Crippen LogP contribution is 2.29. The van der Waals surface area contributed by atoms with Crippen LogP contribution < -0.4 is 4.74 Å². The van der Waals surface area contributed by atoms with Crippen LogP contribution in [0.4, 0.5) is 0 Å². The number of carbonyl (C=O) groups is 1. The first-order valence-electron chi connectivity index (χ1n) is 7.72. The summed E-state index contributed by atoms with van der Waals surface area (Å²) in [5.41, 5.74) is 0.876. The molecular weight excluding hydrogens is 328 g/mol. The topological polar surface area (TPSA) is 69.5 Å². The van der Waals surface area contributed by atoms with Crippen LogP contribution in [-0.2, 0) is 16.6 Å². The number of hydrogen-bond acceptors (Lipinski definition) is 6. The smallest absolute Gasteiger partial charge is 0.233 e. The van der Waals surface area contributed by atoms with Crippen molar-refractivity contribution >= 4 is 17.7 Å². The summed E-state index contributed by atoms with van der Waals surface area (Å²) < 4.78 is 12.5. The minimum absolute atomic E-state index is 0.102. The average molecular weight is 348 g/mol. The maximum atomic E-state index is 12.2. The second-order valence-corrected chi connectivity index (χ2v) is 6.29. The van der Waals surface area contributed by atoms with E-state index in [2.05, 4.69) is 10.2 Å². The molecule has 0 radical (unpaired) electrons. The third kappa shape index (κ3) is 3.54. The Labute approximate surface area is 145 Å². The van der Waals surface area contributed by atoms with Gasteiger partial charge in [-0.05, 0) is 12.1 Å². The number of para-hydroxylation sites is 1. The molecular formula is C16H20N4O3S. The van der Waals surface area contributed by atoms with E-state index in [0.29, 0.717) is 43.0 Å². The van der Waals surface area contributed by atoms with Crippen molar-refractivity contribution in [2.45, 2.75) is 5.16 Å². The maximum Gasteiger partial charge on any atom is 0.233 e. The molecule has 0 N–H and O–H groups in total. The van der Waals surface area contributed by atoms with Gasteiger partial charge in [0.05, 0.1) is 31.6 Å². The number of rotatable bonds is 5. The van der Waals surface area contributed by atoms with Crippen molar-refractivity contribution in [2.24, 2.45) is 7.05 Å². The van der Waals surface area contributed by atoms with E-state index in [1.807, 2.05) is 40.8 Å². The molecule has 0 saturated carbocycles. The zero-order chi connectivity index (χ0) is 16.9.